The van der Waals surface area contributed by atoms with Gasteiger partial charge in [-0.1, -0.05) is 0 Å². The second-order valence-electron chi connectivity index (χ2n) is 5.79. The number of amides is 1. The zero-order chi connectivity index (χ0) is 15.9. The Balaban J connectivity index is 1.43. The molecule has 1 fully saturated rings. The van der Waals surface area contributed by atoms with E-state index in [9.17, 15) is 4.79 Å². The molecule has 0 bridgehead atoms. The lowest BCUT2D eigenvalue weighted by molar-refractivity contribution is -0.125. The molecule has 3 rings (SSSR count). The number of imidazole rings is 1. The first-order valence-electron chi connectivity index (χ1n) is 8.07. The molecule has 1 aliphatic rings. The van der Waals surface area contributed by atoms with Crippen molar-refractivity contribution in [3.63, 3.8) is 0 Å². The highest BCUT2D eigenvalue weighted by atomic mass is 16.1. The van der Waals surface area contributed by atoms with Crippen LogP contribution >= 0.6 is 0 Å². The summed E-state index contributed by atoms with van der Waals surface area (Å²) < 4.78 is 2.02. The van der Waals surface area contributed by atoms with E-state index in [1.807, 2.05) is 10.8 Å². The zero-order valence-electron chi connectivity index (χ0n) is 13.1. The summed E-state index contributed by atoms with van der Waals surface area (Å²) in [5.41, 5.74) is 0. The monoisotopic (exact) mass is 314 g/mol. The maximum Gasteiger partial charge on any atom is 0.224 e. The molecule has 1 unspecified atom stereocenters. The first-order chi connectivity index (χ1) is 11.3. The van der Waals surface area contributed by atoms with Crippen molar-refractivity contribution in [2.24, 2.45) is 5.92 Å². The van der Waals surface area contributed by atoms with Gasteiger partial charge in [-0.2, -0.15) is 0 Å². The maximum absolute atomic E-state index is 12.3. The molecule has 122 valence electrons. The minimum atomic E-state index is 0.0269. The first-order valence-corrected chi connectivity index (χ1v) is 8.07. The summed E-state index contributed by atoms with van der Waals surface area (Å²) in [6.45, 7) is 3.21. The van der Waals surface area contributed by atoms with E-state index in [0.717, 1.165) is 38.2 Å². The van der Waals surface area contributed by atoms with E-state index in [0.29, 0.717) is 13.1 Å². The van der Waals surface area contributed by atoms with E-state index in [1.54, 1.807) is 31.1 Å². The minimum Gasteiger partial charge on any atom is -0.356 e. The third kappa shape index (κ3) is 4.28. The molecule has 2 aromatic rings. The Morgan fingerprint density at radius 3 is 3.04 bits per heavy atom. The maximum atomic E-state index is 12.3. The number of rotatable bonds is 6. The molecule has 1 N–H and O–H groups in total. The van der Waals surface area contributed by atoms with Crippen molar-refractivity contribution in [2.75, 3.05) is 24.5 Å². The van der Waals surface area contributed by atoms with Crippen molar-refractivity contribution in [3.05, 3.63) is 37.3 Å². The van der Waals surface area contributed by atoms with Gasteiger partial charge in [-0.05, 0) is 19.3 Å². The molecule has 0 saturated carbocycles. The molecule has 0 aliphatic carbocycles. The highest BCUT2D eigenvalue weighted by Gasteiger charge is 2.26. The molecule has 7 nitrogen and oxygen atoms in total. The van der Waals surface area contributed by atoms with Crippen LogP contribution in [0.5, 0.6) is 0 Å². The van der Waals surface area contributed by atoms with Crippen molar-refractivity contribution in [2.45, 2.75) is 25.8 Å². The third-order valence-electron chi connectivity index (χ3n) is 4.12. The van der Waals surface area contributed by atoms with Gasteiger partial charge >= 0.3 is 0 Å². The van der Waals surface area contributed by atoms with Crippen molar-refractivity contribution < 1.29 is 4.79 Å². The Kier molecular flexibility index (Phi) is 5.18. The number of aromatic nitrogens is 4. The first kappa shape index (κ1) is 15.5. The van der Waals surface area contributed by atoms with E-state index in [-0.39, 0.29) is 11.8 Å². The Morgan fingerprint density at radius 1 is 1.30 bits per heavy atom. The van der Waals surface area contributed by atoms with E-state index in [4.69, 9.17) is 0 Å². The average Bonchev–Trinajstić information content (AvgIpc) is 3.13. The van der Waals surface area contributed by atoms with Gasteiger partial charge in [0.1, 0.15) is 5.82 Å². The number of nitrogens with zero attached hydrogens (tertiary/aromatic N) is 5. The summed E-state index contributed by atoms with van der Waals surface area (Å²) >= 11 is 0. The second-order valence-corrected chi connectivity index (χ2v) is 5.79. The van der Waals surface area contributed by atoms with Crippen LogP contribution in [-0.2, 0) is 11.3 Å². The Bertz CT molecular complexity index is 600. The summed E-state index contributed by atoms with van der Waals surface area (Å²) in [5.74, 6) is 1.02. The van der Waals surface area contributed by atoms with E-state index >= 15 is 0 Å². The summed E-state index contributed by atoms with van der Waals surface area (Å²) in [6, 6.07) is 0. The van der Waals surface area contributed by atoms with Gasteiger partial charge in [0, 0.05) is 51.0 Å². The molecule has 3 heterocycles. The predicted molar refractivity (Wildman–Crippen MR) is 86.8 cm³/mol. The summed E-state index contributed by atoms with van der Waals surface area (Å²) in [7, 11) is 0. The van der Waals surface area contributed by atoms with E-state index in [1.165, 1.54) is 0 Å². The van der Waals surface area contributed by atoms with E-state index in [2.05, 4.69) is 25.2 Å². The van der Waals surface area contributed by atoms with Gasteiger partial charge in [0.15, 0.2) is 0 Å². The van der Waals surface area contributed by atoms with Crippen molar-refractivity contribution in [1.82, 2.24) is 24.8 Å². The lowest BCUT2D eigenvalue weighted by Crippen LogP contribution is -2.43. The van der Waals surface area contributed by atoms with Crippen LogP contribution in [0.2, 0.25) is 0 Å². The van der Waals surface area contributed by atoms with Gasteiger partial charge in [0.05, 0.1) is 18.4 Å². The molecule has 0 aromatic carbocycles. The number of carbonyl (C=O) groups excluding carboxylic acids is 1. The van der Waals surface area contributed by atoms with Crippen molar-refractivity contribution >= 4 is 11.7 Å². The number of hydrogen-bond acceptors (Lipinski definition) is 5. The zero-order valence-corrected chi connectivity index (χ0v) is 13.1. The molecule has 1 saturated heterocycles. The number of nitrogens with one attached hydrogen (secondary N) is 1. The van der Waals surface area contributed by atoms with Gasteiger partial charge in [-0.15, -0.1) is 0 Å². The fraction of sp³-hybridized carbons (Fsp3) is 0.500. The largest absolute Gasteiger partial charge is 0.356 e. The van der Waals surface area contributed by atoms with Gasteiger partial charge in [0.25, 0.3) is 0 Å². The Morgan fingerprint density at radius 2 is 2.26 bits per heavy atom. The van der Waals surface area contributed by atoms with Gasteiger partial charge in [0.2, 0.25) is 5.91 Å². The topological polar surface area (TPSA) is 75.9 Å². The Hall–Kier alpha value is -2.44. The summed E-state index contributed by atoms with van der Waals surface area (Å²) in [4.78, 5) is 26.9. The molecule has 23 heavy (non-hydrogen) atoms. The molecular formula is C16H22N6O. The molecule has 1 amide bonds. The lowest BCUT2D eigenvalue weighted by Gasteiger charge is -2.32. The quantitative estimate of drug-likeness (QED) is 0.808. The van der Waals surface area contributed by atoms with Crippen LogP contribution in [0.15, 0.2) is 37.3 Å². The third-order valence-corrected chi connectivity index (χ3v) is 4.12. The second kappa shape index (κ2) is 7.71. The molecule has 0 radical (unpaired) electrons. The SMILES string of the molecule is O=C(NCCCn1ccnc1)C1CCCN(c2cnccn2)C1. The summed E-state index contributed by atoms with van der Waals surface area (Å²) in [5, 5.41) is 3.05. The van der Waals surface area contributed by atoms with Crippen LogP contribution in [0.3, 0.4) is 0 Å². The molecule has 1 atom stereocenters. The van der Waals surface area contributed by atoms with Gasteiger partial charge in [-0.3, -0.25) is 9.78 Å². The normalized spacial score (nSPS) is 17.9. The van der Waals surface area contributed by atoms with Crippen LogP contribution in [0.25, 0.3) is 0 Å². The predicted octanol–water partition coefficient (Wildman–Crippen LogP) is 1.10. The highest BCUT2D eigenvalue weighted by Crippen LogP contribution is 2.20. The number of aryl methyl sites for hydroxylation is 1. The van der Waals surface area contributed by atoms with Crippen LogP contribution in [0.1, 0.15) is 19.3 Å². The van der Waals surface area contributed by atoms with Gasteiger partial charge < -0.3 is 14.8 Å². The van der Waals surface area contributed by atoms with Crippen LogP contribution < -0.4 is 10.2 Å². The number of carbonyl (C=O) groups is 1. The molecule has 2 aromatic heterocycles. The number of anilines is 1. The average molecular weight is 314 g/mol. The molecule has 0 spiro atoms. The van der Waals surface area contributed by atoms with Crippen molar-refractivity contribution in [1.29, 1.82) is 0 Å². The summed E-state index contributed by atoms with van der Waals surface area (Å²) in [6.07, 6.45) is 13.4. The smallest absolute Gasteiger partial charge is 0.224 e. The molecule has 7 heteroatoms. The van der Waals surface area contributed by atoms with Crippen LogP contribution in [0, 0.1) is 5.92 Å². The fourth-order valence-electron chi connectivity index (χ4n) is 2.89. The fourth-order valence-corrected chi connectivity index (χ4v) is 2.89. The van der Waals surface area contributed by atoms with Crippen LogP contribution in [-0.4, -0.2) is 45.1 Å². The Labute approximate surface area is 135 Å². The lowest BCUT2D eigenvalue weighted by atomic mass is 9.97. The number of hydrogen-bond donors (Lipinski definition) is 1. The standard InChI is InChI=1S/C16H22N6O/c23-16(20-4-2-8-21-10-7-18-13-21)14-3-1-9-22(12-14)15-11-17-5-6-19-15/h5-7,10-11,13-14H,1-4,8-9,12H2,(H,20,23). The van der Waals surface area contributed by atoms with Gasteiger partial charge in [-0.25, -0.2) is 9.97 Å². The highest BCUT2D eigenvalue weighted by molar-refractivity contribution is 5.79. The molecule has 1 aliphatic heterocycles. The van der Waals surface area contributed by atoms with Crippen molar-refractivity contribution in [3.8, 4) is 0 Å². The van der Waals surface area contributed by atoms with E-state index < -0.39 is 0 Å². The minimum absolute atomic E-state index is 0.0269. The molecular weight excluding hydrogens is 292 g/mol. The van der Waals surface area contributed by atoms with Crippen LogP contribution in [0.4, 0.5) is 5.82 Å². The number of piperidine rings is 1.